The molecule has 1 aliphatic heterocycles. The van der Waals surface area contributed by atoms with E-state index < -0.39 is 0 Å². The van der Waals surface area contributed by atoms with Crippen LogP contribution in [0.3, 0.4) is 0 Å². The lowest BCUT2D eigenvalue weighted by molar-refractivity contribution is 0.130. The van der Waals surface area contributed by atoms with Crippen LogP contribution in [0.4, 0.5) is 0 Å². The fourth-order valence-electron chi connectivity index (χ4n) is 2.29. The Morgan fingerprint density at radius 1 is 1.45 bits per heavy atom. The predicted molar refractivity (Wildman–Crippen MR) is 45.5 cm³/mol. The van der Waals surface area contributed by atoms with Gasteiger partial charge in [0.25, 0.3) is 0 Å². The van der Waals surface area contributed by atoms with Crippen LogP contribution in [-0.4, -0.2) is 12.2 Å². The molecular formula is C10H16O. The average Bonchev–Trinajstić information content (AvgIpc) is 2.63. The topological polar surface area (TPSA) is 12.5 Å². The molecule has 1 spiro atoms. The van der Waals surface area contributed by atoms with Gasteiger partial charge < -0.3 is 4.74 Å². The Morgan fingerprint density at radius 3 is 2.45 bits per heavy atom. The van der Waals surface area contributed by atoms with E-state index >= 15 is 0 Å². The molecule has 1 heteroatoms. The van der Waals surface area contributed by atoms with Gasteiger partial charge in [0.15, 0.2) is 0 Å². The molecule has 0 radical (unpaired) electrons. The molecule has 1 aliphatic carbocycles. The Kier molecular flexibility index (Phi) is 1.26. The third-order valence-corrected chi connectivity index (χ3v) is 3.38. The Morgan fingerprint density at radius 2 is 2.09 bits per heavy atom. The summed E-state index contributed by atoms with van der Waals surface area (Å²) in [6, 6.07) is 0. The van der Waals surface area contributed by atoms with E-state index in [1.54, 1.807) is 0 Å². The van der Waals surface area contributed by atoms with Crippen LogP contribution < -0.4 is 0 Å². The average molecular weight is 152 g/mol. The predicted octanol–water partition coefficient (Wildman–Crippen LogP) is 2.52. The van der Waals surface area contributed by atoms with E-state index in [9.17, 15) is 0 Å². The van der Waals surface area contributed by atoms with Gasteiger partial charge in [0.05, 0.1) is 6.61 Å². The maximum atomic E-state index is 5.56. The van der Waals surface area contributed by atoms with Gasteiger partial charge in [-0.05, 0) is 30.3 Å². The number of hydrogen-bond acceptors (Lipinski definition) is 1. The van der Waals surface area contributed by atoms with E-state index in [1.807, 2.05) is 0 Å². The molecule has 0 aromatic carbocycles. The Bertz CT molecular complexity index is 199. The largest absolute Gasteiger partial charge is 0.364 e. The first-order chi connectivity index (χ1) is 5.08. The van der Waals surface area contributed by atoms with Crippen LogP contribution in [-0.2, 0) is 4.74 Å². The minimum absolute atomic E-state index is 0.0885. The third kappa shape index (κ3) is 0.807. The highest BCUT2D eigenvalue weighted by Gasteiger charge is 2.59. The maximum Gasteiger partial charge on any atom is 0.117 e. The van der Waals surface area contributed by atoms with Crippen LogP contribution in [0, 0.1) is 5.41 Å². The molecule has 0 aromatic rings. The van der Waals surface area contributed by atoms with Crippen molar-refractivity contribution in [2.24, 2.45) is 5.41 Å². The van der Waals surface area contributed by atoms with Crippen molar-refractivity contribution in [1.29, 1.82) is 0 Å². The van der Waals surface area contributed by atoms with Gasteiger partial charge in [0, 0.05) is 0 Å². The van der Waals surface area contributed by atoms with Crippen LogP contribution in [0.1, 0.15) is 33.1 Å². The van der Waals surface area contributed by atoms with E-state index in [-0.39, 0.29) is 5.60 Å². The van der Waals surface area contributed by atoms with Crippen LogP contribution in [0.2, 0.25) is 0 Å². The molecule has 0 amide bonds. The number of rotatable bonds is 0. The van der Waals surface area contributed by atoms with Crippen molar-refractivity contribution in [2.45, 2.75) is 38.7 Å². The minimum Gasteiger partial charge on any atom is -0.364 e. The number of ether oxygens (including phenoxy) is 1. The first-order valence-electron chi connectivity index (χ1n) is 4.41. The summed E-state index contributed by atoms with van der Waals surface area (Å²) in [6.07, 6.45) is 3.74. The highest BCUT2D eigenvalue weighted by atomic mass is 16.6. The van der Waals surface area contributed by atoms with Gasteiger partial charge in [-0.15, -0.1) is 0 Å². The summed E-state index contributed by atoms with van der Waals surface area (Å²) in [5.74, 6) is 0. The van der Waals surface area contributed by atoms with Gasteiger partial charge in [0.2, 0.25) is 0 Å². The van der Waals surface area contributed by atoms with Crippen molar-refractivity contribution < 1.29 is 4.74 Å². The van der Waals surface area contributed by atoms with Crippen LogP contribution >= 0.6 is 0 Å². The van der Waals surface area contributed by atoms with E-state index in [0.717, 1.165) is 6.61 Å². The van der Waals surface area contributed by atoms with Gasteiger partial charge >= 0.3 is 0 Å². The molecule has 2 rings (SSSR count). The van der Waals surface area contributed by atoms with Gasteiger partial charge in [-0.3, -0.25) is 0 Å². The summed E-state index contributed by atoms with van der Waals surface area (Å²) in [6.45, 7) is 9.61. The standard InChI is InChI=1S/C10H16O/c1-8-5-4-6-9(2,3)10(8)7-11-10/h1,4-7H2,2-3H3. The Balaban J connectivity index is 2.29. The van der Waals surface area contributed by atoms with Gasteiger partial charge in [-0.2, -0.15) is 0 Å². The fraction of sp³-hybridized carbons (Fsp3) is 0.800. The zero-order valence-electron chi connectivity index (χ0n) is 7.44. The summed E-state index contributed by atoms with van der Waals surface area (Å²) < 4.78 is 5.56. The van der Waals surface area contributed by atoms with Gasteiger partial charge in [-0.25, -0.2) is 0 Å². The van der Waals surface area contributed by atoms with Crippen molar-refractivity contribution in [3.8, 4) is 0 Å². The Labute approximate surface area is 68.4 Å². The smallest absolute Gasteiger partial charge is 0.117 e. The molecule has 2 aliphatic rings. The zero-order chi connectivity index (χ0) is 8.11. The first kappa shape index (κ1) is 7.35. The zero-order valence-corrected chi connectivity index (χ0v) is 7.44. The van der Waals surface area contributed by atoms with E-state index in [4.69, 9.17) is 4.74 Å². The second kappa shape index (κ2) is 1.89. The lowest BCUT2D eigenvalue weighted by Crippen LogP contribution is -2.37. The second-order valence-electron chi connectivity index (χ2n) is 4.46. The SMILES string of the molecule is C=C1CCCC(C)(C)C12CO2. The molecule has 2 fully saturated rings. The second-order valence-corrected chi connectivity index (χ2v) is 4.46. The summed E-state index contributed by atoms with van der Waals surface area (Å²) in [7, 11) is 0. The monoisotopic (exact) mass is 152 g/mol. The molecule has 0 aromatic heterocycles. The van der Waals surface area contributed by atoms with Crippen LogP contribution in [0.5, 0.6) is 0 Å². The molecule has 1 saturated carbocycles. The molecule has 1 saturated heterocycles. The van der Waals surface area contributed by atoms with E-state index in [2.05, 4.69) is 20.4 Å². The van der Waals surface area contributed by atoms with Crippen molar-refractivity contribution in [1.82, 2.24) is 0 Å². The first-order valence-corrected chi connectivity index (χ1v) is 4.41. The van der Waals surface area contributed by atoms with E-state index in [1.165, 1.54) is 24.8 Å². The van der Waals surface area contributed by atoms with Crippen LogP contribution in [0.25, 0.3) is 0 Å². The normalized spacial score (nSPS) is 41.1. The molecule has 0 bridgehead atoms. The van der Waals surface area contributed by atoms with Gasteiger partial charge in [-0.1, -0.05) is 20.4 Å². The number of epoxide rings is 1. The molecule has 1 nitrogen and oxygen atoms in total. The molecular weight excluding hydrogens is 136 g/mol. The summed E-state index contributed by atoms with van der Waals surface area (Å²) >= 11 is 0. The highest BCUT2D eigenvalue weighted by molar-refractivity contribution is 5.27. The molecule has 11 heavy (non-hydrogen) atoms. The van der Waals surface area contributed by atoms with Crippen LogP contribution in [0.15, 0.2) is 12.2 Å². The lowest BCUT2D eigenvalue weighted by Gasteiger charge is -2.37. The third-order valence-electron chi connectivity index (χ3n) is 3.38. The van der Waals surface area contributed by atoms with Crippen molar-refractivity contribution in [2.75, 3.05) is 6.61 Å². The van der Waals surface area contributed by atoms with Crippen molar-refractivity contribution in [3.63, 3.8) is 0 Å². The molecule has 0 N–H and O–H groups in total. The Hall–Kier alpha value is -0.300. The maximum absolute atomic E-state index is 5.56. The van der Waals surface area contributed by atoms with Crippen molar-refractivity contribution in [3.05, 3.63) is 12.2 Å². The molecule has 1 heterocycles. The quantitative estimate of drug-likeness (QED) is 0.384. The fourth-order valence-corrected chi connectivity index (χ4v) is 2.29. The summed E-state index contributed by atoms with van der Waals surface area (Å²) in [4.78, 5) is 0. The molecule has 1 atom stereocenters. The highest BCUT2D eigenvalue weighted by Crippen LogP contribution is 2.55. The van der Waals surface area contributed by atoms with Gasteiger partial charge in [0.1, 0.15) is 5.60 Å². The lowest BCUT2D eigenvalue weighted by atomic mass is 9.67. The van der Waals surface area contributed by atoms with E-state index in [0.29, 0.717) is 5.41 Å². The van der Waals surface area contributed by atoms with Crippen molar-refractivity contribution >= 4 is 0 Å². The summed E-state index contributed by atoms with van der Waals surface area (Å²) in [5, 5.41) is 0. The number of hydrogen-bond donors (Lipinski definition) is 0. The summed E-state index contributed by atoms with van der Waals surface area (Å²) in [5.41, 5.74) is 1.75. The minimum atomic E-state index is 0.0885. The molecule has 1 unspecified atom stereocenters. The molecule has 62 valence electrons.